The van der Waals surface area contributed by atoms with Crippen molar-refractivity contribution in [2.75, 3.05) is 6.54 Å². The molecule has 3 nitrogen and oxygen atoms in total. The maximum absolute atomic E-state index is 4.68. The van der Waals surface area contributed by atoms with Gasteiger partial charge in [0, 0.05) is 7.05 Å². The molecule has 1 aromatic heterocycles. The molecular formula is C17H23N3. The second kappa shape index (κ2) is 5.80. The minimum Gasteiger partial charge on any atom is -0.309 e. The lowest BCUT2D eigenvalue weighted by Gasteiger charge is -2.04. The molecule has 0 bridgehead atoms. The van der Waals surface area contributed by atoms with Crippen LogP contribution in [0.4, 0.5) is 0 Å². The molecule has 106 valence electrons. The summed E-state index contributed by atoms with van der Waals surface area (Å²) in [5.41, 5.74) is 5.05. The van der Waals surface area contributed by atoms with Gasteiger partial charge >= 0.3 is 0 Å². The average Bonchev–Trinajstić information content (AvgIpc) is 3.09. The van der Waals surface area contributed by atoms with Crippen LogP contribution in [0.1, 0.15) is 43.5 Å². The first kappa shape index (κ1) is 13.4. The summed E-state index contributed by atoms with van der Waals surface area (Å²) < 4.78 is 2.00. The summed E-state index contributed by atoms with van der Waals surface area (Å²) in [6, 6.07) is 11.6. The van der Waals surface area contributed by atoms with Gasteiger partial charge in [0.15, 0.2) is 0 Å². The van der Waals surface area contributed by atoms with Crippen LogP contribution >= 0.6 is 0 Å². The molecule has 1 fully saturated rings. The molecule has 0 spiro atoms. The SMILES string of the molecule is CCCc1ccc(-c2cc(C3CCCN3)nn2C)cc1. The second-order valence-corrected chi connectivity index (χ2v) is 5.67. The lowest BCUT2D eigenvalue weighted by Crippen LogP contribution is -2.13. The predicted octanol–water partition coefficient (Wildman–Crippen LogP) is 3.46. The summed E-state index contributed by atoms with van der Waals surface area (Å²) in [5.74, 6) is 0. The molecule has 3 rings (SSSR count). The van der Waals surface area contributed by atoms with E-state index >= 15 is 0 Å². The van der Waals surface area contributed by atoms with Gasteiger partial charge in [-0.2, -0.15) is 5.10 Å². The number of rotatable bonds is 4. The Hall–Kier alpha value is -1.61. The van der Waals surface area contributed by atoms with E-state index in [1.807, 2.05) is 11.7 Å². The highest BCUT2D eigenvalue weighted by Gasteiger charge is 2.20. The van der Waals surface area contributed by atoms with Gasteiger partial charge in [0.2, 0.25) is 0 Å². The van der Waals surface area contributed by atoms with Gasteiger partial charge < -0.3 is 5.32 Å². The average molecular weight is 269 g/mol. The normalized spacial score (nSPS) is 18.6. The van der Waals surface area contributed by atoms with E-state index in [1.54, 1.807) is 0 Å². The molecule has 0 aliphatic carbocycles. The third kappa shape index (κ3) is 2.63. The van der Waals surface area contributed by atoms with Crippen LogP contribution < -0.4 is 5.32 Å². The highest BCUT2D eigenvalue weighted by atomic mass is 15.3. The summed E-state index contributed by atoms with van der Waals surface area (Å²) in [5, 5.41) is 8.20. The van der Waals surface area contributed by atoms with Crippen molar-refractivity contribution in [3.8, 4) is 11.3 Å². The molecular weight excluding hydrogens is 246 g/mol. The van der Waals surface area contributed by atoms with E-state index in [-0.39, 0.29) is 0 Å². The number of benzene rings is 1. The van der Waals surface area contributed by atoms with Crippen molar-refractivity contribution in [3.05, 3.63) is 41.6 Å². The molecule has 1 unspecified atom stereocenters. The smallest absolute Gasteiger partial charge is 0.0800 e. The van der Waals surface area contributed by atoms with E-state index in [2.05, 4.69) is 47.7 Å². The van der Waals surface area contributed by atoms with Crippen molar-refractivity contribution >= 4 is 0 Å². The fourth-order valence-electron chi connectivity index (χ4n) is 3.00. The number of hydrogen-bond donors (Lipinski definition) is 1. The first-order valence-corrected chi connectivity index (χ1v) is 7.64. The van der Waals surface area contributed by atoms with E-state index in [1.165, 1.54) is 41.8 Å². The van der Waals surface area contributed by atoms with Crippen LogP contribution in [0, 0.1) is 0 Å². The van der Waals surface area contributed by atoms with Gasteiger partial charge in [-0.1, -0.05) is 37.6 Å². The van der Waals surface area contributed by atoms with Crippen molar-refractivity contribution in [2.45, 2.75) is 38.6 Å². The number of nitrogens with one attached hydrogen (secondary N) is 1. The van der Waals surface area contributed by atoms with Crippen LogP contribution in [-0.2, 0) is 13.5 Å². The van der Waals surface area contributed by atoms with Crippen LogP contribution in [0.2, 0.25) is 0 Å². The van der Waals surface area contributed by atoms with Crippen molar-refractivity contribution in [3.63, 3.8) is 0 Å². The van der Waals surface area contributed by atoms with Crippen molar-refractivity contribution in [1.82, 2.24) is 15.1 Å². The zero-order valence-electron chi connectivity index (χ0n) is 12.4. The molecule has 3 heteroatoms. The first-order valence-electron chi connectivity index (χ1n) is 7.64. The molecule has 0 amide bonds. The molecule has 1 aromatic carbocycles. The summed E-state index contributed by atoms with van der Waals surface area (Å²) in [7, 11) is 2.04. The molecule has 20 heavy (non-hydrogen) atoms. The molecule has 0 saturated carbocycles. The van der Waals surface area contributed by atoms with Crippen molar-refractivity contribution < 1.29 is 0 Å². The Morgan fingerprint density at radius 3 is 2.75 bits per heavy atom. The Balaban J connectivity index is 1.85. The summed E-state index contributed by atoms with van der Waals surface area (Å²) in [4.78, 5) is 0. The van der Waals surface area contributed by atoms with Gasteiger partial charge in [0.05, 0.1) is 17.4 Å². The van der Waals surface area contributed by atoms with E-state index < -0.39 is 0 Å². The molecule has 1 saturated heterocycles. The molecule has 1 N–H and O–H groups in total. The van der Waals surface area contributed by atoms with Crippen molar-refractivity contribution in [1.29, 1.82) is 0 Å². The Labute approximate surface area is 121 Å². The third-order valence-corrected chi connectivity index (χ3v) is 4.10. The monoisotopic (exact) mass is 269 g/mol. The summed E-state index contributed by atoms with van der Waals surface area (Å²) in [6.07, 6.45) is 4.81. The number of aryl methyl sites for hydroxylation is 2. The van der Waals surface area contributed by atoms with Crippen LogP contribution in [0.5, 0.6) is 0 Å². The zero-order valence-corrected chi connectivity index (χ0v) is 12.4. The van der Waals surface area contributed by atoms with Gasteiger partial charge in [0.1, 0.15) is 0 Å². The molecule has 0 radical (unpaired) electrons. The molecule has 1 aliphatic rings. The fraction of sp³-hybridized carbons (Fsp3) is 0.471. The van der Waals surface area contributed by atoms with Gasteiger partial charge in [-0.05, 0) is 43.0 Å². The van der Waals surface area contributed by atoms with Crippen LogP contribution in [-0.4, -0.2) is 16.3 Å². The standard InChI is InChI=1S/C17H23N3/c1-3-5-13-7-9-14(10-8-13)17-12-16(19-20(17)2)15-6-4-11-18-15/h7-10,12,15,18H,3-6,11H2,1-2H3. The Bertz CT molecular complexity index is 562. The van der Waals surface area contributed by atoms with Crippen LogP contribution in [0.15, 0.2) is 30.3 Å². The predicted molar refractivity (Wildman–Crippen MR) is 82.6 cm³/mol. The quantitative estimate of drug-likeness (QED) is 0.921. The lowest BCUT2D eigenvalue weighted by molar-refractivity contribution is 0.607. The topological polar surface area (TPSA) is 29.9 Å². The van der Waals surface area contributed by atoms with Crippen LogP contribution in [0.25, 0.3) is 11.3 Å². The lowest BCUT2D eigenvalue weighted by atomic mass is 10.0. The maximum atomic E-state index is 4.68. The highest BCUT2D eigenvalue weighted by molar-refractivity contribution is 5.60. The largest absolute Gasteiger partial charge is 0.309 e. The van der Waals surface area contributed by atoms with E-state index in [0.29, 0.717) is 6.04 Å². The van der Waals surface area contributed by atoms with E-state index in [9.17, 15) is 0 Å². The highest BCUT2D eigenvalue weighted by Crippen LogP contribution is 2.27. The zero-order chi connectivity index (χ0) is 13.9. The number of nitrogens with zero attached hydrogens (tertiary/aromatic N) is 2. The number of aromatic nitrogens is 2. The Kier molecular flexibility index (Phi) is 3.88. The Morgan fingerprint density at radius 1 is 1.30 bits per heavy atom. The van der Waals surface area contributed by atoms with Crippen molar-refractivity contribution in [2.24, 2.45) is 7.05 Å². The fourth-order valence-corrected chi connectivity index (χ4v) is 3.00. The summed E-state index contributed by atoms with van der Waals surface area (Å²) in [6.45, 7) is 3.33. The maximum Gasteiger partial charge on any atom is 0.0800 e. The second-order valence-electron chi connectivity index (χ2n) is 5.67. The Morgan fingerprint density at radius 2 is 2.10 bits per heavy atom. The van der Waals surface area contributed by atoms with E-state index in [0.717, 1.165) is 13.0 Å². The molecule has 1 aliphatic heterocycles. The number of hydrogen-bond acceptors (Lipinski definition) is 2. The molecule has 1 atom stereocenters. The summed E-state index contributed by atoms with van der Waals surface area (Å²) >= 11 is 0. The van der Waals surface area contributed by atoms with Gasteiger partial charge in [0.25, 0.3) is 0 Å². The third-order valence-electron chi connectivity index (χ3n) is 4.10. The van der Waals surface area contributed by atoms with Gasteiger partial charge in [-0.25, -0.2) is 0 Å². The first-order chi connectivity index (χ1) is 9.78. The van der Waals surface area contributed by atoms with Crippen LogP contribution in [0.3, 0.4) is 0 Å². The minimum absolute atomic E-state index is 0.439. The van der Waals surface area contributed by atoms with Gasteiger partial charge in [-0.15, -0.1) is 0 Å². The molecule has 2 heterocycles. The van der Waals surface area contributed by atoms with Gasteiger partial charge in [-0.3, -0.25) is 4.68 Å². The minimum atomic E-state index is 0.439. The van der Waals surface area contributed by atoms with E-state index in [4.69, 9.17) is 0 Å². The molecule has 2 aromatic rings.